The number of aryl methyl sites for hydroxylation is 1. The van der Waals surface area contributed by atoms with Crippen LogP contribution in [0.4, 0.5) is 0 Å². The van der Waals surface area contributed by atoms with Gasteiger partial charge < -0.3 is 14.8 Å². The van der Waals surface area contributed by atoms with Crippen LogP contribution in [0.2, 0.25) is 0 Å². The Hall–Kier alpha value is -2.00. The monoisotopic (exact) mass is 309 g/mol. The maximum atomic E-state index is 5.98. The molecule has 1 heterocycles. The molecule has 1 fully saturated rings. The lowest BCUT2D eigenvalue weighted by Crippen LogP contribution is -2.28. The first kappa shape index (κ1) is 14.6. The highest BCUT2D eigenvalue weighted by Gasteiger charge is 2.21. The van der Waals surface area contributed by atoms with Crippen LogP contribution in [0.15, 0.2) is 48.5 Å². The van der Waals surface area contributed by atoms with E-state index in [4.69, 9.17) is 9.47 Å². The first-order valence-corrected chi connectivity index (χ1v) is 8.60. The Bertz CT molecular complexity index is 649. The van der Waals surface area contributed by atoms with E-state index in [1.807, 2.05) is 12.1 Å². The molecule has 0 amide bonds. The SMILES string of the molecule is c1ccc2c(c1)CCC(Oc1ccc(CCNC3CC3)cc1)O2. The van der Waals surface area contributed by atoms with E-state index in [-0.39, 0.29) is 6.29 Å². The van der Waals surface area contributed by atoms with Gasteiger partial charge in [0.15, 0.2) is 0 Å². The number of para-hydroxylation sites is 1. The third-order valence-electron chi connectivity index (χ3n) is 4.50. The molecule has 4 rings (SSSR count). The molecule has 0 saturated heterocycles. The zero-order chi connectivity index (χ0) is 15.5. The van der Waals surface area contributed by atoms with Crippen LogP contribution in [-0.4, -0.2) is 18.9 Å². The van der Waals surface area contributed by atoms with Crippen molar-refractivity contribution in [3.05, 3.63) is 59.7 Å². The molecule has 2 aromatic rings. The van der Waals surface area contributed by atoms with E-state index in [0.29, 0.717) is 0 Å². The number of fused-ring (bicyclic) bond motifs is 1. The van der Waals surface area contributed by atoms with Crippen LogP contribution in [0.1, 0.15) is 30.4 Å². The standard InChI is InChI=1S/C20H23NO2/c1-2-4-19-16(3-1)7-12-20(23-19)22-18-10-5-15(6-11-18)13-14-21-17-8-9-17/h1-6,10-11,17,20-21H,7-9,12-14H2. The second-order valence-corrected chi connectivity index (χ2v) is 6.43. The molecule has 2 aromatic carbocycles. The third-order valence-corrected chi connectivity index (χ3v) is 4.50. The zero-order valence-electron chi connectivity index (χ0n) is 13.3. The molecule has 0 aromatic heterocycles. The van der Waals surface area contributed by atoms with E-state index in [9.17, 15) is 0 Å². The minimum Gasteiger partial charge on any atom is -0.455 e. The highest BCUT2D eigenvalue weighted by Crippen LogP contribution is 2.28. The molecule has 0 bridgehead atoms. The van der Waals surface area contributed by atoms with Crippen LogP contribution in [0.5, 0.6) is 11.5 Å². The molecule has 1 unspecified atom stereocenters. The maximum Gasteiger partial charge on any atom is 0.241 e. The molecule has 2 aliphatic rings. The van der Waals surface area contributed by atoms with Crippen LogP contribution in [0.3, 0.4) is 0 Å². The smallest absolute Gasteiger partial charge is 0.241 e. The molecule has 120 valence electrons. The Kier molecular flexibility index (Phi) is 4.20. The summed E-state index contributed by atoms with van der Waals surface area (Å²) in [6.07, 6.45) is 5.47. The molecule has 3 heteroatoms. The van der Waals surface area contributed by atoms with Gasteiger partial charge in [0.25, 0.3) is 0 Å². The van der Waals surface area contributed by atoms with Gasteiger partial charge in [-0.15, -0.1) is 0 Å². The van der Waals surface area contributed by atoms with Crippen molar-refractivity contribution in [1.82, 2.24) is 5.32 Å². The van der Waals surface area contributed by atoms with E-state index >= 15 is 0 Å². The second-order valence-electron chi connectivity index (χ2n) is 6.43. The van der Waals surface area contributed by atoms with Gasteiger partial charge in [-0.1, -0.05) is 30.3 Å². The van der Waals surface area contributed by atoms with Gasteiger partial charge in [-0.05, 0) is 61.6 Å². The average molecular weight is 309 g/mol. The van der Waals surface area contributed by atoms with Gasteiger partial charge in [-0.2, -0.15) is 0 Å². The molecular weight excluding hydrogens is 286 g/mol. The first-order valence-electron chi connectivity index (χ1n) is 8.60. The predicted molar refractivity (Wildman–Crippen MR) is 91.0 cm³/mol. The average Bonchev–Trinajstić information content (AvgIpc) is 3.41. The van der Waals surface area contributed by atoms with Crippen LogP contribution < -0.4 is 14.8 Å². The van der Waals surface area contributed by atoms with Gasteiger partial charge in [0.1, 0.15) is 11.5 Å². The fourth-order valence-corrected chi connectivity index (χ4v) is 2.98. The third kappa shape index (κ3) is 3.85. The molecule has 1 aliphatic heterocycles. The van der Waals surface area contributed by atoms with Crippen molar-refractivity contribution in [2.45, 2.75) is 44.4 Å². The Morgan fingerprint density at radius 3 is 2.65 bits per heavy atom. The Morgan fingerprint density at radius 1 is 1.00 bits per heavy atom. The van der Waals surface area contributed by atoms with Crippen molar-refractivity contribution < 1.29 is 9.47 Å². The number of benzene rings is 2. The minimum atomic E-state index is -0.188. The summed E-state index contributed by atoms with van der Waals surface area (Å²) in [5.41, 5.74) is 2.62. The fourth-order valence-electron chi connectivity index (χ4n) is 2.98. The van der Waals surface area contributed by atoms with Crippen LogP contribution in [0, 0.1) is 0 Å². The Labute approximate surface area is 137 Å². The summed E-state index contributed by atoms with van der Waals surface area (Å²) in [7, 11) is 0. The van der Waals surface area contributed by atoms with Gasteiger partial charge in [0.2, 0.25) is 6.29 Å². The summed E-state index contributed by atoms with van der Waals surface area (Å²) in [4.78, 5) is 0. The van der Waals surface area contributed by atoms with Gasteiger partial charge >= 0.3 is 0 Å². The number of rotatable bonds is 6. The lowest BCUT2D eigenvalue weighted by Gasteiger charge is -2.26. The largest absolute Gasteiger partial charge is 0.455 e. The van der Waals surface area contributed by atoms with Crippen LogP contribution >= 0.6 is 0 Å². The molecule has 3 nitrogen and oxygen atoms in total. The van der Waals surface area contributed by atoms with E-state index in [1.165, 1.54) is 24.0 Å². The minimum absolute atomic E-state index is 0.188. The summed E-state index contributed by atoms with van der Waals surface area (Å²) in [6, 6.07) is 17.4. The quantitative estimate of drug-likeness (QED) is 0.882. The fraction of sp³-hybridized carbons (Fsp3) is 0.400. The van der Waals surface area contributed by atoms with E-state index in [1.54, 1.807) is 0 Å². The summed E-state index contributed by atoms with van der Waals surface area (Å²) in [6.45, 7) is 1.06. The van der Waals surface area contributed by atoms with Crippen molar-refractivity contribution in [2.24, 2.45) is 0 Å². The van der Waals surface area contributed by atoms with Crippen molar-refractivity contribution in [1.29, 1.82) is 0 Å². The van der Waals surface area contributed by atoms with Crippen molar-refractivity contribution in [3.8, 4) is 11.5 Å². The highest BCUT2D eigenvalue weighted by atomic mass is 16.7. The maximum absolute atomic E-state index is 5.98. The molecule has 0 radical (unpaired) electrons. The topological polar surface area (TPSA) is 30.5 Å². The number of hydrogen-bond acceptors (Lipinski definition) is 3. The summed E-state index contributed by atoms with van der Waals surface area (Å²) in [5, 5.41) is 3.54. The number of nitrogens with one attached hydrogen (secondary N) is 1. The lowest BCUT2D eigenvalue weighted by atomic mass is 10.1. The lowest BCUT2D eigenvalue weighted by molar-refractivity contribution is -0.00979. The van der Waals surface area contributed by atoms with Gasteiger partial charge in [0.05, 0.1) is 0 Å². The second kappa shape index (κ2) is 6.63. The van der Waals surface area contributed by atoms with E-state index in [0.717, 1.165) is 43.3 Å². The molecule has 1 saturated carbocycles. The molecular formula is C20H23NO2. The Morgan fingerprint density at radius 2 is 1.83 bits per heavy atom. The van der Waals surface area contributed by atoms with Gasteiger partial charge in [0, 0.05) is 12.5 Å². The van der Waals surface area contributed by atoms with E-state index < -0.39 is 0 Å². The normalized spacial score (nSPS) is 19.7. The van der Waals surface area contributed by atoms with Crippen LogP contribution in [-0.2, 0) is 12.8 Å². The molecule has 1 atom stereocenters. The molecule has 1 aliphatic carbocycles. The number of ether oxygens (including phenoxy) is 2. The zero-order valence-corrected chi connectivity index (χ0v) is 13.3. The van der Waals surface area contributed by atoms with Crippen molar-refractivity contribution in [3.63, 3.8) is 0 Å². The van der Waals surface area contributed by atoms with Crippen molar-refractivity contribution in [2.75, 3.05) is 6.54 Å². The molecule has 23 heavy (non-hydrogen) atoms. The summed E-state index contributed by atoms with van der Waals surface area (Å²) in [5.74, 6) is 1.83. The van der Waals surface area contributed by atoms with Gasteiger partial charge in [-0.3, -0.25) is 0 Å². The van der Waals surface area contributed by atoms with Crippen molar-refractivity contribution >= 4 is 0 Å². The molecule has 1 N–H and O–H groups in total. The summed E-state index contributed by atoms with van der Waals surface area (Å²) < 4.78 is 11.9. The Balaban J connectivity index is 1.30. The predicted octanol–water partition coefficient (Wildman–Crippen LogP) is 3.71. The van der Waals surface area contributed by atoms with Gasteiger partial charge in [-0.25, -0.2) is 0 Å². The van der Waals surface area contributed by atoms with E-state index in [2.05, 4.69) is 41.7 Å². The number of hydrogen-bond donors (Lipinski definition) is 1. The summed E-state index contributed by atoms with van der Waals surface area (Å²) >= 11 is 0. The molecule has 0 spiro atoms. The van der Waals surface area contributed by atoms with Crippen LogP contribution in [0.25, 0.3) is 0 Å². The highest BCUT2D eigenvalue weighted by molar-refractivity contribution is 5.35. The first-order chi connectivity index (χ1) is 11.4.